The molecule has 29 heavy (non-hydrogen) atoms. The first-order valence-electron chi connectivity index (χ1n) is 9.85. The molecule has 1 aromatic heterocycles. The zero-order chi connectivity index (χ0) is 21.0. The van der Waals surface area contributed by atoms with Crippen LogP contribution < -0.4 is 11.1 Å². The lowest BCUT2D eigenvalue weighted by Crippen LogP contribution is -2.52. The van der Waals surface area contributed by atoms with E-state index < -0.39 is 17.7 Å². The van der Waals surface area contributed by atoms with Crippen molar-refractivity contribution in [3.63, 3.8) is 0 Å². The minimum Gasteiger partial charge on any atom is -0.366 e. The van der Waals surface area contributed by atoms with Gasteiger partial charge in [-0.25, -0.2) is 0 Å². The number of hydrogen-bond donors (Lipinski definition) is 2. The van der Waals surface area contributed by atoms with E-state index in [4.69, 9.17) is 5.73 Å². The number of aromatic nitrogens is 1. The summed E-state index contributed by atoms with van der Waals surface area (Å²) in [4.78, 5) is 42.9. The molecule has 0 spiro atoms. The van der Waals surface area contributed by atoms with Gasteiger partial charge in [-0.2, -0.15) is 0 Å². The van der Waals surface area contributed by atoms with Gasteiger partial charge in [-0.3, -0.25) is 19.4 Å². The highest BCUT2D eigenvalue weighted by Crippen LogP contribution is 2.38. The van der Waals surface area contributed by atoms with Gasteiger partial charge < -0.3 is 16.0 Å². The fraction of sp³-hybridized carbons (Fsp3) is 0.364. The molecule has 3 rings (SSSR count). The van der Waals surface area contributed by atoms with Crippen LogP contribution in [0, 0.1) is 5.92 Å². The van der Waals surface area contributed by atoms with Crippen LogP contribution in [0.15, 0.2) is 48.8 Å². The van der Waals surface area contributed by atoms with Crippen molar-refractivity contribution in [3.8, 4) is 0 Å². The van der Waals surface area contributed by atoms with Crippen LogP contribution in [0.2, 0.25) is 0 Å². The number of amides is 3. The fourth-order valence-electron chi connectivity index (χ4n) is 4.08. The number of hydrogen-bond acceptors (Lipinski definition) is 4. The SMILES string of the molecule is CC[C@@H]1CC[C@@H](c2ccccc2)N(C(=O)C(=O)Nc2cncc(C(N)=O)c2)[C@@H]1C. The van der Waals surface area contributed by atoms with Gasteiger partial charge in [0.25, 0.3) is 0 Å². The van der Waals surface area contributed by atoms with Crippen molar-refractivity contribution in [2.45, 2.75) is 45.2 Å². The Labute approximate surface area is 170 Å². The highest BCUT2D eigenvalue weighted by Gasteiger charge is 2.39. The molecular formula is C22H26N4O3. The molecule has 3 amide bonds. The van der Waals surface area contributed by atoms with Crippen LogP contribution in [0.3, 0.4) is 0 Å². The van der Waals surface area contributed by atoms with Crippen LogP contribution in [0.1, 0.15) is 55.1 Å². The Morgan fingerprint density at radius 3 is 2.55 bits per heavy atom. The van der Waals surface area contributed by atoms with Crippen LogP contribution >= 0.6 is 0 Å². The monoisotopic (exact) mass is 394 g/mol. The number of rotatable bonds is 4. The summed E-state index contributed by atoms with van der Waals surface area (Å²) in [6, 6.07) is 11.0. The van der Waals surface area contributed by atoms with E-state index in [0.717, 1.165) is 24.8 Å². The van der Waals surface area contributed by atoms with E-state index in [-0.39, 0.29) is 23.3 Å². The van der Waals surface area contributed by atoms with Gasteiger partial charge in [-0.1, -0.05) is 43.7 Å². The highest BCUT2D eigenvalue weighted by atomic mass is 16.2. The Bertz CT molecular complexity index is 900. The van der Waals surface area contributed by atoms with E-state index in [1.54, 1.807) is 4.90 Å². The lowest BCUT2D eigenvalue weighted by Gasteiger charge is -2.44. The van der Waals surface area contributed by atoms with Crippen molar-refractivity contribution in [2.24, 2.45) is 11.7 Å². The third-order valence-electron chi connectivity index (χ3n) is 5.69. The second-order valence-corrected chi connectivity index (χ2v) is 7.41. The third kappa shape index (κ3) is 4.45. The van der Waals surface area contributed by atoms with E-state index in [9.17, 15) is 14.4 Å². The van der Waals surface area contributed by atoms with Crippen molar-refractivity contribution in [1.82, 2.24) is 9.88 Å². The summed E-state index contributed by atoms with van der Waals surface area (Å²) >= 11 is 0. The molecule has 2 heterocycles. The first-order chi connectivity index (χ1) is 13.9. The zero-order valence-electron chi connectivity index (χ0n) is 16.7. The number of likely N-dealkylation sites (tertiary alicyclic amines) is 1. The van der Waals surface area contributed by atoms with Crippen molar-refractivity contribution in [1.29, 1.82) is 0 Å². The summed E-state index contributed by atoms with van der Waals surface area (Å²) in [6.45, 7) is 4.11. The van der Waals surface area contributed by atoms with Crippen LogP contribution in [-0.2, 0) is 9.59 Å². The summed E-state index contributed by atoms with van der Waals surface area (Å²) in [7, 11) is 0. The molecule has 3 atom stereocenters. The van der Waals surface area contributed by atoms with Crippen LogP contribution in [-0.4, -0.2) is 33.6 Å². The van der Waals surface area contributed by atoms with E-state index >= 15 is 0 Å². The molecular weight excluding hydrogens is 368 g/mol. The number of nitrogens with one attached hydrogen (secondary N) is 1. The van der Waals surface area contributed by atoms with Gasteiger partial charge in [0.2, 0.25) is 5.91 Å². The van der Waals surface area contributed by atoms with Gasteiger partial charge in [0, 0.05) is 12.2 Å². The maximum atomic E-state index is 13.2. The van der Waals surface area contributed by atoms with Gasteiger partial charge >= 0.3 is 11.8 Å². The Balaban J connectivity index is 1.85. The molecule has 0 aliphatic carbocycles. The molecule has 0 radical (unpaired) electrons. The number of primary amides is 1. The maximum Gasteiger partial charge on any atom is 0.313 e. The lowest BCUT2D eigenvalue weighted by atomic mass is 9.82. The predicted molar refractivity (Wildman–Crippen MR) is 110 cm³/mol. The second kappa shape index (κ2) is 8.86. The van der Waals surface area contributed by atoms with Gasteiger partial charge in [-0.15, -0.1) is 0 Å². The number of piperidine rings is 1. The van der Waals surface area contributed by atoms with Gasteiger partial charge in [-0.05, 0) is 37.3 Å². The van der Waals surface area contributed by atoms with Gasteiger partial charge in [0.1, 0.15) is 0 Å². The summed E-state index contributed by atoms with van der Waals surface area (Å²) in [6.07, 6.45) is 5.45. The summed E-state index contributed by atoms with van der Waals surface area (Å²) < 4.78 is 0. The number of carbonyl (C=O) groups excluding carboxylic acids is 3. The Morgan fingerprint density at radius 2 is 1.90 bits per heavy atom. The molecule has 1 aliphatic heterocycles. The molecule has 2 aromatic rings. The molecule has 7 nitrogen and oxygen atoms in total. The van der Waals surface area contributed by atoms with Gasteiger partial charge in [0.05, 0.1) is 23.5 Å². The smallest absolute Gasteiger partial charge is 0.313 e. The molecule has 1 fully saturated rings. The van der Waals surface area contributed by atoms with E-state index in [0.29, 0.717) is 5.92 Å². The van der Waals surface area contributed by atoms with Crippen molar-refractivity contribution < 1.29 is 14.4 Å². The fourth-order valence-corrected chi connectivity index (χ4v) is 4.08. The number of anilines is 1. The second-order valence-electron chi connectivity index (χ2n) is 7.41. The minimum atomic E-state index is -0.752. The molecule has 7 heteroatoms. The van der Waals surface area contributed by atoms with E-state index in [2.05, 4.69) is 17.2 Å². The Hall–Kier alpha value is -3.22. The average molecular weight is 394 g/mol. The minimum absolute atomic E-state index is 0.0627. The zero-order valence-corrected chi connectivity index (χ0v) is 16.7. The Morgan fingerprint density at radius 1 is 1.17 bits per heavy atom. The van der Waals surface area contributed by atoms with Crippen molar-refractivity contribution in [2.75, 3.05) is 5.32 Å². The first-order valence-corrected chi connectivity index (χ1v) is 9.85. The number of pyridine rings is 1. The van der Waals surface area contributed by atoms with Crippen molar-refractivity contribution in [3.05, 3.63) is 59.9 Å². The predicted octanol–water partition coefficient (Wildman–Crippen LogP) is 2.90. The molecule has 0 bridgehead atoms. The normalized spacial score (nSPS) is 21.4. The third-order valence-corrected chi connectivity index (χ3v) is 5.69. The highest BCUT2D eigenvalue weighted by molar-refractivity contribution is 6.39. The molecule has 1 aliphatic rings. The van der Waals surface area contributed by atoms with Crippen molar-refractivity contribution >= 4 is 23.4 Å². The quantitative estimate of drug-likeness (QED) is 0.778. The standard InChI is InChI=1S/C22H26N4O3/c1-3-15-9-10-19(16-7-5-4-6-8-16)26(14(15)2)22(29)21(28)25-18-11-17(20(23)27)12-24-13-18/h4-8,11-15,19H,3,9-10H2,1-2H3,(H2,23,27)(H,25,28)/t14-,15-,19+/m1/s1. The summed E-state index contributed by atoms with van der Waals surface area (Å²) in [5.41, 5.74) is 6.69. The summed E-state index contributed by atoms with van der Waals surface area (Å²) in [5.74, 6) is -1.65. The topological polar surface area (TPSA) is 105 Å². The number of carbonyl (C=O) groups is 3. The molecule has 0 unspecified atom stereocenters. The molecule has 1 saturated heterocycles. The molecule has 3 N–H and O–H groups in total. The number of nitrogens with two attached hydrogens (primary N) is 1. The van der Waals surface area contributed by atoms with E-state index in [1.165, 1.54) is 18.5 Å². The van der Waals surface area contributed by atoms with Gasteiger partial charge in [0.15, 0.2) is 0 Å². The average Bonchev–Trinajstić information content (AvgIpc) is 2.73. The Kier molecular flexibility index (Phi) is 6.26. The molecule has 152 valence electrons. The molecule has 0 saturated carbocycles. The van der Waals surface area contributed by atoms with Crippen LogP contribution in [0.4, 0.5) is 5.69 Å². The number of nitrogens with zero attached hydrogens (tertiary/aromatic N) is 2. The van der Waals surface area contributed by atoms with Crippen LogP contribution in [0.25, 0.3) is 0 Å². The first kappa shape index (κ1) is 20.5. The largest absolute Gasteiger partial charge is 0.366 e. The lowest BCUT2D eigenvalue weighted by molar-refractivity contribution is -0.149. The van der Waals surface area contributed by atoms with E-state index in [1.807, 2.05) is 37.3 Å². The van der Waals surface area contributed by atoms with Crippen LogP contribution in [0.5, 0.6) is 0 Å². The summed E-state index contributed by atoms with van der Waals surface area (Å²) in [5, 5.41) is 2.56. The maximum absolute atomic E-state index is 13.2. The number of benzene rings is 1. The molecule has 1 aromatic carbocycles.